The zero-order valence-corrected chi connectivity index (χ0v) is 14.9. The van der Waals surface area contributed by atoms with Crippen molar-refractivity contribution in [2.45, 2.75) is 24.9 Å². The molecule has 10 heteroatoms. The molecule has 2 aliphatic rings. The van der Waals surface area contributed by atoms with Gasteiger partial charge in [-0.25, -0.2) is 18.1 Å². The Kier molecular flexibility index (Phi) is 4.86. The molecule has 0 radical (unpaired) electrons. The Morgan fingerprint density at radius 2 is 2.00 bits per heavy atom. The molecule has 0 spiro atoms. The molecule has 1 aromatic rings. The van der Waals surface area contributed by atoms with Gasteiger partial charge in [0.1, 0.15) is 11.8 Å². The van der Waals surface area contributed by atoms with Crippen LogP contribution >= 0.6 is 0 Å². The molecule has 0 unspecified atom stereocenters. The number of imide groups is 1. The van der Waals surface area contributed by atoms with Crippen molar-refractivity contribution in [2.75, 3.05) is 23.5 Å². The highest BCUT2D eigenvalue weighted by molar-refractivity contribution is 7.91. The molecule has 2 N–H and O–H groups in total. The van der Waals surface area contributed by atoms with Crippen LogP contribution in [-0.4, -0.2) is 57.0 Å². The fourth-order valence-electron chi connectivity index (χ4n) is 3.03. The number of amides is 4. The molecule has 2 saturated heterocycles. The Hall–Kier alpha value is -2.62. The number of urea groups is 1. The van der Waals surface area contributed by atoms with Gasteiger partial charge in [0.2, 0.25) is 5.91 Å². The molecule has 2 aliphatic heterocycles. The second kappa shape index (κ2) is 6.94. The molecule has 2 atom stereocenters. The lowest BCUT2D eigenvalue weighted by Crippen LogP contribution is -2.41. The summed E-state index contributed by atoms with van der Waals surface area (Å²) in [6.45, 7) is 0. The van der Waals surface area contributed by atoms with Crippen molar-refractivity contribution in [3.63, 3.8) is 0 Å². The first-order chi connectivity index (χ1) is 12.3. The number of ether oxygens (including phenoxy) is 1. The van der Waals surface area contributed by atoms with E-state index in [2.05, 4.69) is 10.6 Å². The van der Waals surface area contributed by atoms with Crippen LogP contribution in [0.4, 0.5) is 10.5 Å². The van der Waals surface area contributed by atoms with Crippen LogP contribution in [0.3, 0.4) is 0 Å². The Bertz CT molecular complexity index is 836. The number of carbonyl (C=O) groups is 3. The van der Waals surface area contributed by atoms with Gasteiger partial charge in [-0.1, -0.05) is 0 Å². The maximum atomic E-state index is 12.5. The monoisotopic (exact) mass is 381 g/mol. The van der Waals surface area contributed by atoms with Crippen molar-refractivity contribution in [3.8, 4) is 5.75 Å². The molecule has 1 aromatic carbocycles. The van der Waals surface area contributed by atoms with Crippen LogP contribution in [-0.2, 0) is 19.4 Å². The predicted molar refractivity (Wildman–Crippen MR) is 92.6 cm³/mol. The van der Waals surface area contributed by atoms with E-state index in [9.17, 15) is 22.8 Å². The van der Waals surface area contributed by atoms with E-state index >= 15 is 0 Å². The Morgan fingerprint density at radius 1 is 1.31 bits per heavy atom. The van der Waals surface area contributed by atoms with Crippen LogP contribution in [0.2, 0.25) is 0 Å². The lowest BCUT2D eigenvalue weighted by molar-refractivity contribution is -0.126. The molecule has 0 aliphatic carbocycles. The van der Waals surface area contributed by atoms with Crippen molar-refractivity contribution < 1.29 is 27.5 Å². The summed E-state index contributed by atoms with van der Waals surface area (Å²) in [5.41, 5.74) is 0.373. The quantitative estimate of drug-likeness (QED) is 0.682. The third-order valence-corrected chi connectivity index (χ3v) is 6.10. The molecular weight excluding hydrogens is 362 g/mol. The van der Waals surface area contributed by atoms with E-state index in [1.807, 2.05) is 0 Å². The van der Waals surface area contributed by atoms with Gasteiger partial charge in [0.25, 0.3) is 5.91 Å². The molecule has 2 heterocycles. The summed E-state index contributed by atoms with van der Waals surface area (Å²) in [6, 6.07) is 4.35. The smallest absolute Gasteiger partial charge is 0.329 e. The number of rotatable bonds is 5. The van der Waals surface area contributed by atoms with E-state index in [1.165, 1.54) is 7.11 Å². The molecule has 2 fully saturated rings. The van der Waals surface area contributed by atoms with Gasteiger partial charge in [-0.2, -0.15) is 0 Å². The number of sulfone groups is 1. The normalized spacial score (nSPS) is 24.4. The summed E-state index contributed by atoms with van der Waals surface area (Å²) >= 11 is 0. The number of hydrogen-bond donors (Lipinski definition) is 2. The number of nitrogens with one attached hydrogen (secondary N) is 2. The van der Waals surface area contributed by atoms with Gasteiger partial charge in [-0.3, -0.25) is 9.59 Å². The number of benzene rings is 1. The van der Waals surface area contributed by atoms with E-state index in [0.29, 0.717) is 17.9 Å². The highest BCUT2D eigenvalue weighted by Gasteiger charge is 2.40. The first-order valence-corrected chi connectivity index (χ1v) is 9.89. The van der Waals surface area contributed by atoms with Crippen LogP contribution in [0, 0.1) is 0 Å². The largest absolute Gasteiger partial charge is 0.497 e. The van der Waals surface area contributed by atoms with Gasteiger partial charge < -0.3 is 15.4 Å². The standard InChI is InChI=1S/C16H19N3O6S/c1-25-12-4-2-11(3-5-12)19-15(21)13(18-16(19)22)8-14(20)17-10-6-7-26(23,24)9-10/h2-5,10,13H,6-9H2,1H3,(H,17,20)(H,18,22)/t10-,13-/m1/s1. The molecule has 0 bridgehead atoms. The zero-order chi connectivity index (χ0) is 18.9. The summed E-state index contributed by atoms with van der Waals surface area (Å²) in [4.78, 5) is 37.7. The van der Waals surface area contributed by atoms with Gasteiger partial charge in [0.15, 0.2) is 9.84 Å². The SMILES string of the molecule is COc1ccc(N2C(=O)N[C@H](CC(=O)N[C@@H]3CCS(=O)(=O)C3)C2=O)cc1. The fraction of sp³-hybridized carbons (Fsp3) is 0.438. The maximum absolute atomic E-state index is 12.5. The van der Waals surface area contributed by atoms with E-state index in [4.69, 9.17) is 4.74 Å². The Balaban J connectivity index is 1.62. The van der Waals surface area contributed by atoms with Gasteiger partial charge in [0, 0.05) is 6.04 Å². The number of nitrogens with zero attached hydrogens (tertiary/aromatic N) is 1. The Labute approximate surface area is 150 Å². The Morgan fingerprint density at radius 3 is 2.58 bits per heavy atom. The molecule has 9 nitrogen and oxygen atoms in total. The first-order valence-electron chi connectivity index (χ1n) is 8.07. The van der Waals surface area contributed by atoms with E-state index in [-0.39, 0.29) is 17.9 Å². The van der Waals surface area contributed by atoms with Crippen LogP contribution in [0.5, 0.6) is 5.75 Å². The molecule has 4 amide bonds. The number of methoxy groups -OCH3 is 1. The highest BCUT2D eigenvalue weighted by atomic mass is 32.2. The van der Waals surface area contributed by atoms with Crippen molar-refractivity contribution >= 4 is 33.4 Å². The van der Waals surface area contributed by atoms with E-state index < -0.39 is 39.8 Å². The molecular formula is C16H19N3O6S. The zero-order valence-electron chi connectivity index (χ0n) is 14.1. The number of hydrogen-bond acceptors (Lipinski definition) is 6. The molecule has 3 rings (SSSR count). The van der Waals surface area contributed by atoms with Gasteiger partial charge in [0.05, 0.1) is 30.7 Å². The van der Waals surface area contributed by atoms with Crippen molar-refractivity contribution in [2.24, 2.45) is 0 Å². The average Bonchev–Trinajstić information content (AvgIpc) is 3.06. The summed E-state index contributed by atoms with van der Waals surface area (Å²) in [7, 11) is -1.60. The van der Waals surface area contributed by atoms with Crippen LogP contribution in [0.1, 0.15) is 12.8 Å². The minimum atomic E-state index is -3.11. The lowest BCUT2D eigenvalue weighted by Gasteiger charge is -2.14. The van der Waals surface area contributed by atoms with Gasteiger partial charge >= 0.3 is 6.03 Å². The fourth-order valence-corrected chi connectivity index (χ4v) is 4.70. The average molecular weight is 381 g/mol. The van der Waals surface area contributed by atoms with Crippen molar-refractivity contribution in [1.29, 1.82) is 0 Å². The van der Waals surface area contributed by atoms with Crippen molar-refractivity contribution in [1.82, 2.24) is 10.6 Å². The molecule has 0 saturated carbocycles. The molecule has 140 valence electrons. The van der Waals surface area contributed by atoms with Crippen molar-refractivity contribution in [3.05, 3.63) is 24.3 Å². The maximum Gasteiger partial charge on any atom is 0.329 e. The number of carbonyl (C=O) groups excluding carboxylic acids is 3. The summed E-state index contributed by atoms with van der Waals surface area (Å²) in [6.07, 6.45) is 0.116. The minimum absolute atomic E-state index is 0.0439. The van der Waals surface area contributed by atoms with Crippen LogP contribution in [0.15, 0.2) is 24.3 Å². The van der Waals surface area contributed by atoms with Crippen LogP contribution < -0.4 is 20.3 Å². The van der Waals surface area contributed by atoms with E-state index in [0.717, 1.165) is 4.90 Å². The second-order valence-corrected chi connectivity index (χ2v) is 8.47. The summed E-state index contributed by atoms with van der Waals surface area (Å²) in [5.74, 6) is -0.468. The number of anilines is 1. The highest BCUT2D eigenvalue weighted by Crippen LogP contribution is 2.23. The van der Waals surface area contributed by atoms with Crippen LogP contribution in [0.25, 0.3) is 0 Å². The second-order valence-electron chi connectivity index (χ2n) is 6.25. The predicted octanol–water partition coefficient (Wildman–Crippen LogP) is -0.187. The third kappa shape index (κ3) is 3.79. The lowest BCUT2D eigenvalue weighted by atomic mass is 10.1. The molecule has 26 heavy (non-hydrogen) atoms. The summed E-state index contributed by atoms with van der Waals surface area (Å²) < 4.78 is 27.9. The molecule has 0 aromatic heterocycles. The summed E-state index contributed by atoms with van der Waals surface area (Å²) in [5, 5.41) is 5.09. The van der Waals surface area contributed by atoms with E-state index in [1.54, 1.807) is 24.3 Å². The topological polar surface area (TPSA) is 122 Å². The van der Waals surface area contributed by atoms with Gasteiger partial charge in [-0.15, -0.1) is 0 Å². The minimum Gasteiger partial charge on any atom is -0.497 e. The first kappa shape index (κ1) is 18.2. The third-order valence-electron chi connectivity index (χ3n) is 4.34. The van der Waals surface area contributed by atoms with Gasteiger partial charge in [-0.05, 0) is 30.7 Å².